The number of nitrogens with zero attached hydrogens (tertiary/aromatic N) is 3. The number of benzene rings is 1. The molecule has 2 heterocycles. The normalized spacial score (nSPS) is 10.7. The molecule has 0 radical (unpaired) electrons. The summed E-state index contributed by atoms with van der Waals surface area (Å²) >= 11 is 7.13. The van der Waals surface area contributed by atoms with E-state index in [9.17, 15) is 4.79 Å². The summed E-state index contributed by atoms with van der Waals surface area (Å²) in [6.45, 7) is 4.74. The van der Waals surface area contributed by atoms with E-state index in [1.807, 2.05) is 56.4 Å². The molecule has 2 aromatic heterocycles. The molecule has 0 bridgehead atoms. The van der Waals surface area contributed by atoms with E-state index in [1.54, 1.807) is 11.6 Å². The molecule has 0 saturated carbocycles. The number of carbonyl (C=O) groups is 1. The van der Waals surface area contributed by atoms with Gasteiger partial charge in [-0.2, -0.15) is 5.10 Å². The van der Waals surface area contributed by atoms with Gasteiger partial charge < -0.3 is 15.0 Å². The summed E-state index contributed by atoms with van der Waals surface area (Å²) in [5, 5.41) is 8.87. The highest BCUT2D eigenvalue weighted by Crippen LogP contribution is 2.31. The van der Waals surface area contributed by atoms with Crippen LogP contribution >= 0.6 is 23.6 Å². The lowest BCUT2D eigenvalue weighted by Gasteiger charge is -2.20. The van der Waals surface area contributed by atoms with Gasteiger partial charge in [-0.05, 0) is 37.7 Å². The molecule has 0 spiro atoms. The van der Waals surface area contributed by atoms with E-state index in [0.29, 0.717) is 28.8 Å². The first-order valence-corrected chi connectivity index (χ1v) is 10.9. The molecule has 1 aromatic carbocycles. The first-order valence-electron chi connectivity index (χ1n) is 9.72. The maximum absolute atomic E-state index is 12.5. The van der Waals surface area contributed by atoms with Gasteiger partial charge in [0.05, 0.1) is 17.9 Å². The van der Waals surface area contributed by atoms with Gasteiger partial charge in [0.2, 0.25) is 0 Å². The van der Waals surface area contributed by atoms with Crippen molar-refractivity contribution in [2.75, 3.05) is 19.0 Å². The van der Waals surface area contributed by atoms with Crippen molar-refractivity contribution >= 4 is 39.6 Å². The molecular formula is C22H26N4O2S2. The van der Waals surface area contributed by atoms with Gasteiger partial charge >= 0.3 is 5.97 Å². The monoisotopic (exact) mass is 442 g/mol. The Hall–Kier alpha value is -2.71. The van der Waals surface area contributed by atoms with Crippen LogP contribution in [-0.2, 0) is 24.8 Å². The first-order chi connectivity index (χ1) is 14.4. The molecule has 1 N–H and O–H groups in total. The van der Waals surface area contributed by atoms with Crippen molar-refractivity contribution in [3.8, 4) is 0 Å². The van der Waals surface area contributed by atoms with Crippen LogP contribution in [0.2, 0.25) is 0 Å². The minimum Gasteiger partial charge on any atom is -0.462 e. The summed E-state index contributed by atoms with van der Waals surface area (Å²) in [5.74, 6) is -0.343. The van der Waals surface area contributed by atoms with Crippen LogP contribution in [0.3, 0.4) is 0 Å². The number of carbonyl (C=O) groups excluding carboxylic acids is 1. The molecule has 0 unspecified atom stereocenters. The molecule has 30 heavy (non-hydrogen) atoms. The third kappa shape index (κ3) is 5.46. The molecule has 158 valence electrons. The Morgan fingerprint density at radius 2 is 2.07 bits per heavy atom. The van der Waals surface area contributed by atoms with Gasteiger partial charge in [0.25, 0.3) is 0 Å². The molecule has 0 fully saturated rings. The Morgan fingerprint density at radius 1 is 1.33 bits per heavy atom. The second-order valence-electron chi connectivity index (χ2n) is 7.04. The molecule has 3 rings (SSSR count). The van der Waals surface area contributed by atoms with Gasteiger partial charge in [0.1, 0.15) is 5.00 Å². The van der Waals surface area contributed by atoms with Crippen molar-refractivity contribution in [3.05, 3.63) is 69.9 Å². The van der Waals surface area contributed by atoms with E-state index >= 15 is 0 Å². The highest BCUT2D eigenvalue weighted by Gasteiger charge is 2.20. The second kappa shape index (κ2) is 9.86. The van der Waals surface area contributed by atoms with Gasteiger partial charge in [-0.15, -0.1) is 11.3 Å². The summed E-state index contributed by atoms with van der Waals surface area (Å²) < 4.78 is 7.04. The summed E-state index contributed by atoms with van der Waals surface area (Å²) in [6.07, 6.45) is 2.73. The van der Waals surface area contributed by atoms with E-state index in [0.717, 1.165) is 22.6 Å². The minimum atomic E-state index is -0.343. The lowest BCUT2D eigenvalue weighted by Crippen LogP contribution is -2.30. The number of ether oxygens (including phenoxy) is 1. The topological polar surface area (TPSA) is 59.4 Å². The van der Waals surface area contributed by atoms with Crippen molar-refractivity contribution in [1.82, 2.24) is 14.7 Å². The summed E-state index contributed by atoms with van der Waals surface area (Å²) in [6, 6.07) is 12.1. The predicted molar refractivity (Wildman–Crippen MR) is 125 cm³/mol. The van der Waals surface area contributed by atoms with Crippen molar-refractivity contribution in [3.63, 3.8) is 0 Å². The van der Waals surface area contributed by atoms with Gasteiger partial charge in [-0.25, -0.2) is 4.79 Å². The standard InChI is InChI=1S/C22H26N4O2S2/c1-5-28-21(27)19-12-18(11-16-9-7-6-8-10-16)30-20(19)23-22(29)25(3)13-17-14-26(4)24-15(17)2/h6-10,12,14H,5,11,13H2,1-4H3,(H,23,29). The first kappa shape index (κ1) is 22.0. The Morgan fingerprint density at radius 3 is 2.70 bits per heavy atom. The van der Waals surface area contributed by atoms with Gasteiger partial charge in [0, 0.05) is 43.7 Å². The molecule has 0 aliphatic heterocycles. The maximum Gasteiger partial charge on any atom is 0.341 e. The molecule has 3 aromatic rings. The van der Waals surface area contributed by atoms with Crippen molar-refractivity contribution < 1.29 is 9.53 Å². The number of nitrogens with one attached hydrogen (secondary N) is 1. The van der Waals surface area contributed by atoms with Gasteiger partial charge in [-0.1, -0.05) is 30.3 Å². The Kier molecular flexibility index (Phi) is 7.23. The number of thiocarbonyl (C=S) groups is 1. The second-order valence-corrected chi connectivity index (χ2v) is 8.56. The van der Waals surface area contributed by atoms with Crippen LogP contribution in [-0.4, -0.2) is 39.4 Å². The molecule has 0 saturated heterocycles. The number of hydrogen-bond donors (Lipinski definition) is 1. The number of esters is 1. The lowest BCUT2D eigenvalue weighted by atomic mass is 10.1. The number of aromatic nitrogens is 2. The van der Waals surface area contributed by atoms with Crippen molar-refractivity contribution in [2.45, 2.75) is 26.8 Å². The Labute approximate surface area is 186 Å². The number of hydrogen-bond acceptors (Lipinski definition) is 5. The molecule has 8 heteroatoms. The Balaban J connectivity index is 1.77. The minimum absolute atomic E-state index is 0.326. The lowest BCUT2D eigenvalue weighted by molar-refractivity contribution is 0.0528. The van der Waals surface area contributed by atoms with Crippen LogP contribution in [0.4, 0.5) is 5.00 Å². The average Bonchev–Trinajstić information content (AvgIpc) is 3.24. The molecule has 6 nitrogen and oxygen atoms in total. The Bertz CT molecular complexity index is 1030. The third-order valence-electron chi connectivity index (χ3n) is 4.59. The fraction of sp³-hybridized carbons (Fsp3) is 0.318. The van der Waals surface area contributed by atoms with Crippen LogP contribution in [0.1, 0.15) is 39.0 Å². The molecule has 0 aliphatic carbocycles. The van der Waals surface area contributed by atoms with Crippen LogP contribution in [0, 0.1) is 6.92 Å². The molecule has 0 amide bonds. The number of thiophene rings is 1. The van der Waals surface area contributed by atoms with E-state index in [1.165, 1.54) is 16.9 Å². The van der Waals surface area contributed by atoms with E-state index in [-0.39, 0.29) is 5.97 Å². The molecular weight excluding hydrogens is 416 g/mol. The van der Waals surface area contributed by atoms with Crippen LogP contribution in [0.5, 0.6) is 0 Å². The number of aryl methyl sites for hydroxylation is 2. The fourth-order valence-electron chi connectivity index (χ4n) is 3.10. The zero-order chi connectivity index (χ0) is 21.7. The summed E-state index contributed by atoms with van der Waals surface area (Å²) in [4.78, 5) is 15.5. The van der Waals surface area contributed by atoms with Gasteiger partial charge in [0.15, 0.2) is 5.11 Å². The van der Waals surface area contributed by atoms with Gasteiger partial charge in [-0.3, -0.25) is 4.68 Å². The third-order valence-corrected chi connectivity index (χ3v) is 6.05. The van der Waals surface area contributed by atoms with Crippen LogP contribution in [0.15, 0.2) is 42.6 Å². The van der Waals surface area contributed by atoms with E-state index in [2.05, 4.69) is 22.5 Å². The molecule has 0 aliphatic rings. The highest BCUT2D eigenvalue weighted by atomic mass is 32.1. The number of rotatable bonds is 7. The summed E-state index contributed by atoms with van der Waals surface area (Å²) in [7, 11) is 3.82. The maximum atomic E-state index is 12.5. The fourth-order valence-corrected chi connectivity index (χ4v) is 4.41. The van der Waals surface area contributed by atoms with E-state index < -0.39 is 0 Å². The largest absolute Gasteiger partial charge is 0.462 e. The highest BCUT2D eigenvalue weighted by molar-refractivity contribution is 7.80. The summed E-state index contributed by atoms with van der Waals surface area (Å²) in [5.41, 5.74) is 3.78. The zero-order valence-corrected chi connectivity index (χ0v) is 19.3. The van der Waals surface area contributed by atoms with Crippen LogP contribution in [0.25, 0.3) is 0 Å². The predicted octanol–water partition coefficient (Wildman–Crippen LogP) is 4.39. The van der Waals surface area contributed by atoms with E-state index in [4.69, 9.17) is 17.0 Å². The SMILES string of the molecule is CCOC(=O)c1cc(Cc2ccccc2)sc1NC(=S)N(C)Cc1cn(C)nc1C. The van der Waals surface area contributed by atoms with Crippen molar-refractivity contribution in [1.29, 1.82) is 0 Å². The van der Waals surface area contributed by atoms with Crippen molar-refractivity contribution in [2.24, 2.45) is 7.05 Å². The average molecular weight is 443 g/mol. The zero-order valence-electron chi connectivity index (χ0n) is 17.6. The number of anilines is 1. The quantitative estimate of drug-likeness (QED) is 0.433. The van der Waals surface area contributed by atoms with Crippen LogP contribution < -0.4 is 5.32 Å². The molecule has 0 atom stereocenters. The smallest absolute Gasteiger partial charge is 0.341 e.